The van der Waals surface area contributed by atoms with Gasteiger partial charge in [-0.15, -0.1) is 0 Å². The largest absolute Gasteiger partial charge is 0.385 e. The maximum absolute atomic E-state index is 13.7. The Kier molecular flexibility index (Phi) is 3.48. The van der Waals surface area contributed by atoms with Crippen molar-refractivity contribution in [2.24, 2.45) is 5.92 Å². The first kappa shape index (κ1) is 12.5. The van der Waals surface area contributed by atoms with Crippen molar-refractivity contribution in [3.8, 4) is 0 Å². The van der Waals surface area contributed by atoms with Crippen molar-refractivity contribution in [1.29, 1.82) is 0 Å². The number of halogens is 2. The lowest BCUT2D eigenvalue weighted by molar-refractivity contribution is -0.0245. The van der Waals surface area contributed by atoms with E-state index in [9.17, 15) is 13.9 Å². The highest BCUT2D eigenvalue weighted by atomic mass is 19.1. The Morgan fingerprint density at radius 2 is 2.18 bits per heavy atom. The summed E-state index contributed by atoms with van der Waals surface area (Å²) >= 11 is 0. The third-order valence-corrected chi connectivity index (χ3v) is 3.84. The number of aliphatic hydroxyl groups is 1. The summed E-state index contributed by atoms with van der Waals surface area (Å²) in [5.41, 5.74) is -0.867. The Morgan fingerprint density at radius 3 is 2.82 bits per heavy atom. The van der Waals surface area contributed by atoms with Crippen LogP contribution in [0.3, 0.4) is 0 Å². The minimum Gasteiger partial charge on any atom is -0.385 e. The summed E-state index contributed by atoms with van der Waals surface area (Å²) in [4.78, 5) is 0. The van der Waals surface area contributed by atoms with E-state index < -0.39 is 17.2 Å². The van der Waals surface area contributed by atoms with Gasteiger partial charge in [0.2, 0.25) is 0 Å². The van der Waals surface area contributed by atoms with Crippen LogP contribution in [0.4, 0.5) is 8.78 Å². The molecular formula is C14H18F2O. The summed E-state index contributed by atoms with van der Waals surface area (Å²) in [6.45, 7) is 2.08. The molecular weight excluding hydrogens is 222 g/mol. The first-order valence-electron chi connectivity index (χ1n) is 6.23. The molecule has 17 heavy (non-hydrogen) atoms. The SMILES string of the molecule is CCC1CCCC(O)(c2ccc(F)cc2F)C1. The summed E-state index contributed by atoms with van der Waals surface area (Å²) < 4.78 is 26.6. The smallest absolute Gasteiger partial charge is 0.132 e. The van der Waals surface area contributed by atoms with Gasteiger partial charge in [-0.05, 0) is 31.2 Å². The van der Waals surface area contributed by atoms with Crippen molar-refractivity contribution in [2.45, 2.75) is 44.6 Å². The average Bonchev–Trinajstić information content (AvgIpc) is 2.28. The molecule has 0 spiro atoms. The normalized spacial score (nSPS) is 29.3. The Balaban J connectivity index is 2.30. The molecule has 1 aromatic carbocycles. The van der Waals surface area contributed by atoms with Gasteiger partial charge >= 0.3 is 0 Å². The third-order valence-electron chi connectivity index (χ3n) is 3.84. The Labute approximate surface area is 100 Å². The number of benzene rings is 1. The quantitative estimate of drug-likeness (QED) is 0.834. The van der Waals surface area contributed by atoms with Crippen molar-refractivity contribution in [3.05, 3.63) is 35.4 Å². The van der Waals surface area contributed by atoms with E-state index in [4.69, 9.17) is 0 Å². The van der Waals surface area contributed by atoms with E-state index in [1.807, 2.05) is 0 Å². The predicted molar refractivity (Wildman–Crippen MR) is 62.5 cm³/mol. The molecule has 1 N–H and O–H groups in total. The zero-order valence-corrected chi connectivity index (χ0v) is 10.0. The second-order valence-electron chi connectivity index (χ2n) is 5.03. The predicted octanol–water partition coefficient (Wildman–Crippen LogP) is 3.75. The molecule has 2 atom stereocenters. The van der Waals surface area contributed by atoms with Crippen molar-refractivity contribution in [2.75, 3.05) is 0 Å². The molecule has 0 bridgehead atoms. The van der Waals surface area contributed by atoms with Gasteiger partial charge in [0.25, 0.3) is 0 Å². The first-order valence-corrected chi connectivity index (χ1v) is 6.23. The standard InChI is InChI=1S/C14H18F2O/c1-2-10-4-3-7-14(17,9-10)12-6-5-11(15)8-13(12)16/h5-6,8,10,17H,2-4,7,9H2,1H3. The van der Waals surface area contributed by atoms with Crippen LogP contribution in [0.2, 0.25) is 0 Å². The molecule has 0 radical (unpaired) electrons. The molecule has 0 aromatic heterocycles. The number of rotatable bonds is 2. The lowest BCUT2D eigenvalue weighted by Crippen LogP contribution is -2.33. The Hall–Kier alpha value is -0.960. The van der Waals surface area contributed by atoms with E-state index >= 15 is 0 Å². The fraction of sp³-hybridized carbons (Fsp3) is 0.571. The molecule has 1 fully saturated rings. The first-order chi connectivity index (χ1) is 8.05. The van der Waals surface area contributed by atoms with Crippen molar-refractivity contribution >= 4 is 0 Å². The maximum Gasteiger partial charge on any atom is 0.132 e. The summed E-state index contributed by atoms with van der Waals surface area (Å²) in [5.74, 6) is -0.805. The lowest BCUT2D eigenvalue weighted by Gasteiger charge is -2.37. The molecule has 3 heteroatoms. The molecule has 0 saturated heterocycles. The van der Waals surface area contributed by atoms with Crippen LogP contribution >= 0.6 is 0 Å². The summed E-state index contributed by atoms with van der Waals surface area (Å²) in [5, 5.41) is 10.6. The van der Waals surface area contributed by atoms with Crippen LogP contribution in [0.5, 0.6) is 0 Å². The minimum absolute atomic E-state index is 0.247. The van der Waals surface area contributed by atoms with E-state index in [1.165, 1.54) is 12.1 Å². The van der Waals surface area contributed by atoms with Gasteiger partial charge in [0, 0.05) is 11.6 Å². The molecule has 2 rings (SSSR count). The molecule has 1 aliphatic rings. The highest BCUT2D eigenvalue weighted by Crippen LogP contribution is 2.41. The van der Waals surface area contributed by atoms with E-state index in [0.29, 0.717) is 18.8 Å². The van der Waals surface area contributed by atoms with E-state index in [1.54, 1.807) is 0 Å². The lowest BCUT2D eigenvalue weighted by atomic mass is 9.73. The average molecular weight is 240 g/mol. The Bertz CT molecular complexity index is 405. The third kappa shape index (κ3) is 2.49. The zero-order valence-electron chi connectivity index (χ0n) is 10.0. The topological polar surface area (TPSA) is 20.2 Å². The Morgan fingerprint density at radius 1 is 1.41 bits per heavy atom. The maximum atomic E-state index is 13.7. The van der Waals surface area contributed by atoms with Gasteiger partial charge < -0.3 is 5.11 Å². The van der Waals surface area contributed by atoms with Crippen molar-refractivity contribution in [3.63, 3.8) is 0 Å². The fourth-order valence-electron chi connectivity index (χ4n) is 2.82. The second kappa shape index (κ2) is 4.73. The molecule has 1 aliphatic carbocycles. The summed E-state index contributed by atoms with van der Waals surface area (Å²) in [6.07, 6.45) is 4.11. The van der Waals surface area contributed by atoms with Crippen LogP contribution in [0.25, 0.3) is 0 Å². The van der Waals surface area contributed by atoms with Gasteiger partial charge in [0.1, 0.15) is 11.6 Å². The van der Waals surface area contributed by atoms with Gasteiger partial charge in [-0.25, -0.2) is 8.78 Å². The van der Waals surface area contributed by atoms with E-state index in [0.717, 1.165) is 25.3 Å². The molecule has 0 aliphatic heterocycles. The number of hydrogen-bond donors (Lipinski definition) is 1. The molecule has 1 aromatic rings. The molecule has 94 valence electrons. The highest BCUT2D eigenvalue weighted by molar-refractivity contribution is 5.25. The molecule has 0 heterocycles. The number of hydrogen-bond acceptors (Lipinski definition) is 1. The van der Waals surface area contributed by atoms with Crippen molar-refractivity contribution < 1.29 is 13.9 Å². The molecule has 2 unspecified atom stereocenters. The minimum atomic E-state index is -1.11. The van der Waals surface area contributed by atoms with E-state index in [-0.39, 0.29) is 5.56 Å². The molecule has 0 amide bonds. The van der Waals surface area contributed by atoms with Crippen LogP contribution in [0.15, 0.2) is 18.2 Å². The zero-order chi connectivity index (χ0) is 12.5. The van der Waals surface area contributed by atoms with Crippen LogP contribution in [-0.4, -0.2) is 5.11 Å². The van der Waals surface area contributed by atoms with Gasteiger partial charge in [0.15, 0.2) is 0 Å². The van der Waals surface area contributed by atoms with Gasteiger partial charge in [-0.2, -0.15) is 0 Å². The van der Waals surface area contributed by atoms with Crippen LogP contribution in [0, 0.1) is 17.6 Å². The molecule has 1 nitrogen and oxygen atoms in total. The summed E-state index contributed by atoms with van der Waals surface area (Å²) in [7, 11) is 0. The summed E-state index contributed by atoms with van der Waals surface area (Å²) in [6, 6.07) is 3.44. The highest BCUT2D eigenvalue weighted by Gasteiger charge is 2.37. The van der Waals surface area contributed by atoms with Gasteiger partial charge in [-0.1, -0.05) is 25.8 Å². The van der Waals surface area contributed by atoms with Crippen LogP contribution in [-0.2, 0) is 5.60 Å². The fourth-order valence-corrected chi connectivity index (χ4v) is 2.82. The molecule has 1 saturated carbocycles. The monoisotopic (exact) mass is 240 g/mol. The second-order valence-corrected chi connectivity index (χ2v) is 5.03. The van der Waals surface area contributed by atoms with Gasteiger partial charge in [0.05, 0.1) is 5.60 Å². The van der Waals surface area contributed by atoms with Gasteiger partial charge in [-0.3, -0.25) is 0 Å². The van der Waals surface area contributed by atoms with Crippen LogP contribution in [0.1, 0.15) is 44.6 Å². The van der Waals surface area contributed by atoms with Crippen LogP contribution < -0.4 is 0 Å². The van der Waals surface area contributed by atoms with E-state index in [2.05, 4.69) is 6.92 Å². The van der Waals surface area contributed by atoms with Crippen molar-refractivity contribution in [1.82, 2.24) is 0 Å².